The van der Waals surface area contributed by atoms with E-state index in [2.05, 4.69) is 13.8 Å². The Morgan fingerprint density at radius 3 is 2.02 bits per heavy atom. The number of rotatable bonds is 28. The Labute approximate surface area is 363 Å². The van der Waals surface area contributed by atoms with Crippen molar-refractivity contribution in [1.29, 1.82) is 0 Å². The highest BCUT2D eigenvalue weighted by Crippen LogP contribution is 2.34. The van der Waals surface area contributed by atoms with Gasteiger partial charge in [0.25, 0.3) is 0 Å². The van der Waals surface area contributed by atoms with E-state index in [0.29, 0.717) is 19.3 Å². The van der Waals surface area contributed by atoms with Gasteiger partial charge in [0, 0.05) is 0 Å². The van der Waals surface area contributed by atoms with Crippen molar-refractivity contribution in [3.63, 3.8) is 0 Å². The smallest absolute Gasteiger partial charge is 0.338 e. The van der Waals surface area contributed by atoms with E-state index in [0.717, 1.165) is 70.6 Å². The SMILES string of the molecule is CCCCCCCCCCCCOC(=O)[C@H](CC1CCCCC1)OC1C(OC(=O)c2ccccc2)[C@H](O[C@H](CCCCC)COC2O[C@@H](C)[C@@H](O)[C@H](O)C2O)O[C@@H](CO)[C@@H]1O. The summed E-state index contributed by atoms with van der Waals surface area (Å²) < 4.78 is 42.9. The molecule has 5 N–H and O–H groups in total. The molecule has 0 amide bonds. The summed E-state index contributed by atoms with van der Waals surface area (Å²) in [5, 5.41) is 53.5. The molecule has 0 bridgehead atoms. The maximum atomic E-state index is 14.0. The van der Waals surface area contributed by atoms with Crippen LogP contribution in [0.5, 0.6) is 0 Å². The van der Waals surface area contributed by atoms with Crippen LogP contribution >= 0.6 is 0 Å². The quantitative estimate of drug-likeness (QED) is 0.0465. The average molecular weight is 867 g/mol. The van der Waals surface area contributed by atoms with E-state index in [1.165, 1.54) is 38.5 Å². The van der Waals surface area contributed by atoms with Gasteiger partial charge in [0.2, 0.25) is 0 Å². The zero-order valence-corrected chi connectivity index (χ0v) is 37.1. The molecule has 14 heteroatoms. The molecule has 4 rings (SSSR count). The normalized spacial score (nSPS) is 29.5. The second kappa shape index (κ2) is 28.5. The van der Waals surface area contributed by atoms with Gasteiger partial charge in [-0.3, -0.25) is 0 Å². The molecule has 4 unspecified atom stereocenters. The number of esters is 2. The summed E-state index contributed by atoms with van der Waals surface area (Å²) in [6, 6.07) is 8.32. The van der Waals surface area contributed by atoms with E-state index >= 15 is 0 Å². The first kappa shape index (κ1) is 51.4. The average Bonchev–Trinajstić information content (AvgIpc) is 3.27. The van der Waals surface area contributed by atoms with Crippen LogP contribution < -0.4 is 0 Å². The Morgan fingerprint density at radius 1 is 0.721 bits per heavy atom. The number of unbranched alkanes of at least 4 members (excludes halogenated alkanes) is 11. The second-order valence-corrected chi connectivity index (χ2v) is 17.4. The maximum absolute atomic E-state index is 14.0. The molecule has 0 spiro atoms. The third-order valence-corrected chi connectivity index (χ3v) is 12.4. The minimum Gasteiger partial charge on any atom is -0.464 e. The Bertz CT molecular complexity index is 1330. The van der Waals surface area contributed by atoms with E-state index in [4.69, 9.17) is 33.2 Å². The summed E-state index contributed by atoms with van der Waals surface area (Å²) in [6.45, 7) is 5.28. The van der Waals surface area contributed by atoms with Crippen molar-refractivity contribution >= 4 is 11.9 Å². The lowest BCUT2D eigenvalue weighted by atomic mass is 9.85. The predicted molar refractivity (Wildman–Crippen MR) is 227 cm³/mol. The van der Waals surface area contributed by atoms with Gasteiger partial charge >= 0.3 is 11.9 Å². The number of hydrogen-bond acceptors (Lipinski definition) is 14. The molecule has 1 aromatic rings. The standard InChI is InChI=1S/C47H78O14/c1-4-6-8-9-10-11-12-13-14-22-28-55-45(54)36(29-33-23-18-15-19-24-33)59-42-39(50)37(30-48)60-47(43(42)61-44(53)34-25-20-16-21-26-34)58-35(27-17-7-5-2)31-56-46-41(52)40(51)38(49)32(3)57-46/h16,20-21,25-26,32-33,35-43,46-52H,4-15,17-19,22-24,27-31H2,1-3H3/t32-,35+,36-,37-,38+,39-,40-,41?,42?,43?,46?,47+/m0/s1. The first-order valence-corrected chi connectivity index (χ1v) is 23.6. The van der Waals surface area contributed by atoms with Gasteiger partial charge in [0.05, 0.1) is 37.6 Å². The van der Waals surface area contributed by atoms with Crippen molar-refractivity contribution in [3.8, 4) is 0 Å². The largest absolute Gasteiger partial charge is 0.464 e. The van der Waals surface area contributed by atoms with Crippen LogP contribution in [-0.2, 0) is 38.0 Å². The van der Waals surface area contributed by atoms with E-state index in [1.807, 2.05) is 0 Å². The summed E-state index contributed by atoms with van der Waals surface area (Å²) in [7, 11) is 0. The third kappa shape index (κ3) is 17.0. The predicted octanol–water partition coefficient (Wildman–Crippen LogP) is 6.29. The van der Waals surface area contributed by atoms with Gasteiger partial charge in [-0.2, -0.15) is 0 Å². The first-order valence-electron chi connectivity index (χ1n) is 23.6. The molecule has 14 nitrogen and oxygen atoms in total. The van der Waals surface area contributed by atoms with Crippen LogP contribution in [0.3, 0.4) is 0 Å². The number of carbonyl (C=O) groups is 2. The fourth-order valence-corrected chi connectivity index (χ4v) is 8.53. The molecule has 3 aliphatic rings. The number of aliphatic hydroxyl groups excluding tert-OH is 5. The molecule has 3 fully saturated rings. The van der Waals surface area contributed by atoms with Crippen LogP contribution in [0, 0.1) is 5.92 Å². The molecule has 2 heterocycles. The van der Waals surface area contributed by atoms with E-state index in [-0.39, 0.29) is 24.7 Å². The number of carbonyl (C=O) groups excluding carboxylic acids is 2. The van der Waals surface area contributed by atoms with Gasteiger partial charge < -0.3 is 58.7 Å². The fourth-order valence-electron chi connectivity index (χ4n) is 8.53. The van der Waals surface area contributed by atoms with Gasteiger partial charge in [-0.1, -0.05) is 141 Å². The molecule has 1 saturated carbocycles. The summed E-state index contributed by atoms with van der Waals surface area (Å²) in [4.78, 5) is 27.7. The molecule has 0 aromatic heterocycles. The molecule has 350 valence electrons. The third-order valence-electron chi connectivity index (χ3n) is 12.4. The number of hydrogen-bond donors (Lipinski definition) is 5. The van der Waals surface area contributed by atoms with Crippen LogP contribution in [0.1, 0.15) is 160 Å². The highest BCUT2D eigenvalue weighted by Gasteiger charge is 2.51. The Kier molecular flexibility index (Phi) is 24.0. The van der Waals surface area contributed by atoms with Crippen LogP contribution in [0.15, 0.2) is 30.3 Å². The van der Waals surface area contributed by atoms with Gasteiger partial charge in [-0.15, -0.1) is 0 Å². The zero-order chi connectivity index (χ0) is 44.0. The topological polar surface area (TPSA) is 200 Å². The molecule has 0 radical (unpaired) electrons. The number of aliphatic hydroxyl groups is 5. The fraction of sp³-hybridized carbons (Fsp3) is 0.830. The van der Waals surface area contributed by atoms with Gasteiger partial charge in [-0.05, 0) is 44.2 Å². The summed E-state index contributed by atoms with van der Waals surface area (Å²) >= 11 is 0. The lowest BCUT2D eigenvalue weighted by molar-refractivity contribution is -0.332. The van der Waals surface area contributed by atoms with Gasteiger partial charge in [-0.25, -0.2) is 9.59 Å². The van der Waals surface area contributed by atoms with Crippen LogP contribution in [0.2, 0.25) is 0 Å². The van der Waals surface area contributed by atoms with Crippen molar-refractivity contribution < 1.29 is 68.3 Å². The first-order chi connectivity index (χ1) is 29.6. The van der Waals surface area contributed by atoms with E-state index in [1.54, 1.807) is 37.3 Å². The molecule has 2 aliphatic heterocycles. The van der Waals surface area contributed by atoms with E-state index in [9.17, 15) is 35.1 Å². The summed E-state index contributed by atoms with van der Waals surface area (Å²) in [5.41, 5.74) is 0.231. The second-order valence-electron chi connectivity index (χ2n) is 17.4. The maximum Gasteiger partial charge on any atom is 0.338 e. The van der Waals surface area contributed by atoms with Crippen molar-refractivity contribution in [2.24, 2.45) is 5.92 Å². The molecule has 61 heavy (non-hydrogen) atoms. The molecule has 2 saturated heterocycles. The van der Waals surface area contributed by atoms with Crippen molar-refractivity contribution in [2.45, 2.75) is 223 Å². The monoisotopic (exact) mass is 867 g/mol. The Hall–Kier alpha value is -2.24. The lowest BCUT2D eigenvalue weighted by Crippen LogP contribution is -2.63. The molecule has 1 aromatic carbocycles. The molecular formula is C47H78O14. The summed E-state index contributed by atoms with van der Waals surface area (Å²) in [6.07, 6.45) is 4.48. The summed E-state index contributed by atoms with van der Waals surface area (Å²) in [5.74, 6) is -1.10. The van der Waals surface area contributed by atoms with Crippen molar-refractivity contribution in [2.75, 3.05) is 19.8 Å². The van der Waals surface area contributed by atoms with Gasteiger partial charge in [0.1, 0.15) is 36.6 Å². The van der Waals surface area contributed by atoms with Crippen molar-refractivity contribution in [1.82, 2.24) is 0 Å². The number of benzene rings is 1. The van der Waals surface area contributed by atoms with Crippen molar-refractivity contribution in [3.05, 3.63) is 35.9 Å². The van der Waals surface area contributed by atoms with Gasteiger partial charge in [0.15, 0.2) is 24.8 Å². The molecular weight excluding hydrogens is 789 g/mol. The van der Waals surface area contributed by atoms with E-state index < -0.39 is 92.2 Å². The molecule has 12 atom stereocenters. The highest BCUT2D eigenvalue weighted by atomic mass is 16.7. The zero-order valence-electron chi connectivity index (χ0n) is 37.1. The van der Waals surface area contributed by atoms with Crippen LogP contribution in [-0.4, -0.2) is 131 Å². The Balaban J connectivity index is 1.54. The minimum absolute atomic E-state index is 0.159. The van der Waals surface area contributed by atoms with Crippen LogP contribution in [0.25, 0.3) is 0 Å². The lowest BCUT2D eigenvalue weighted by Gasteiger charge is -2.45. The minimum atomic E-state index is -1.54. The number of ether oxygens (including phenoxy) is 7. The highest BCUT2D eigenvalue weighted by molar-refractivity contribution is 5.89. The Morgan fingerprint density at radius 2 is 1.36 bits per heavy atom. The van der Waals surface area contributed by atoms with Crippen LogP contribution in [0.4, 0.5) is 0 Å². The molecule has 1 aliphatic carbocycles.